The molecule has 2 aromatic carbocycles. The highest BCUT2D eigenvalue weighted by Crippen LogP contribution is 2.39. The van der Waals surface area contributed by atoms with Crippen LogP contribution in [0.5, 0.6) is 11.5 Å². The van der Waals surface area contributed by atoms with Gasteiger partial charge in [-0.15, -0.1) is 0 Å². The predicted molar refractivity (Wildman–Crippen MR) is 91.9 cm³/mol. The Kier molecular flexibility index (Phi) is 3.23. The number of aromatic nitrogens is 1. The summed E-state index contributed by atoms with van der Waals surface area (Å²) in [5.74, 6) is 1.20. The summed E-state index contributed by atoms with van der Waals surface area (Å²) < 4.78 is 12.0. The molecule has 0 aliphatic carbocycles. The van der Waals surface area contributed by atoms with Crippen molar-refractivity contribution in [3.63, 3.8) is 0 Å². The molecule has 4 rings (SSSR count). The quantitative estimate of drug-likeness (QED) is 0.673. The molecule has 3 aromatic rings. The number of Topliss-reactive ketones (excluding diaryl/α,β-unsaturated/α-hetero) is 1. The van der Waals surface area contributed by atoms with Crippen molar-refractivity contribution in [2.24, 2.45) is 0 Å². The molecule has 0 fully saturated rings. The summed E-state index contributed by atoms with van der Waals surface area (Å²) in [4.78, 5) is 15.7. The number of hydrogen-bond donors (Lipinski definition) is 1. The molecule has 0 amide bonds. The van der Waals surface area contributed by atoms with E-state index >= 15 is 0 Å². The second-order valence-electron chi connectivity index (χ2n) is 5.21. The Morgan fingerprint density at radius 3 is 2.96 bits per heavy atom. The molecule has 1 N–H and O–H groups in total. The van der Waals surface area contributed by atoms with Crippen LogP contribution in [0.4, 0.5) is 0 Å². The van der Waals surface area contributed by atoms with Gasteiger partial charge in [0, 0.05) is 27.1 Å². The molecule has 23 heavy (non-hydrogen) atoms. The van der Waals surface area contributed by atoms with Crippen LogP contribution >= 0.6 is 15.9 Å². The van der Waals surface area contributed by atoms with E-state index in [0.717, 1.165) is 20.9 Å². The molecule has 0 bridgehead atoms. The first-order chi connectivity index (χ1) is 11.2. The Morgan fingerprint density at radius 1 is 1.26 bits per heavy atom. The summed E-state index contributed by atoms with van der Waals surface area (Å²) in [6, 6.07) is 11.3. The summed E-state index contributed by atoms with van der Waals surface area (Å²) in [7, 11) is 1.56. The first-order valence-electron chi connectivity index (χ1n) is 7.05. The van der Waals surface area contributed by atoms with Gasteiger partial charge in [0.1, 0.15) is 0 Å². The van der Waals surface area contributed by atoms with Gasteiger partial charge in [-0.25, -0.2) is 0 Å². The van der Waals surface area contributed by atoms with Crippen LogP contribution in [0.1, 0.15) is 15.9 Å². The number of H-pyrrole nitrogens is 1. The number of halogens is 1. The Hall–Kier alpha value is -2.53. The second-order valence-corrected chi connectivity index (χ2v) is 6.13. The molecule has 1 aliphatic rings. The van der Waals surface area contributed by atoms with Crippen molar-refractivity contribution < 1.29 is 14.3 Å². The van der Waals surface area contributed by atoms with Gasteiger partial charge in [0.2, 0.25) is 5.78 Å². The number of allylic oxidation sites excluding steroid dienone is 1. The van der Waals surface area contributed by atoms with Crippen LogP contribution in [0.2, 0.25) is 0 Å². The Labute approximate surface area is 140 Å². The van der Waals surface area contributed by atoms with Gasteiger partial charge in [-0.1, -0.05) is 22.0 Å². The SMILES string of the molecule is COc1cccc2c1OC(=Cc1c[nH]c3ccc(Br)cc13)C2=O. The number of ketones is 1. The van der Waals surface area contributed by atoms with Crippen LogP contribution in [0, 0.1) is 0 Å². The minimum atomic E-state index is -0.136. The average molecular weight is 370 g/mol. The molecule has 114 valence electrons. The predicted octanol–water partition coefficient (Wildman–Crippen LogP) is 4.56. The Morgan fingerprint density at radius 2 is 2.13 bits per heavy atom. The lowest BCUT2D eigenvalue weighted by Gasteiger charge is -2.04. The van der Waals surface area contributed by atoms with Crippen molar-refractivity contribution in [1.29, 1.82) is 0 Å². The van der Waals surface area contributed by atoms with Crippen molar-refractivity contribution in [2.45, 2.75) is 0 Å². The number of aromatic amines is 1. The number of para-hydroxylation sites is 1. The van der Waals surface area contributed by atoms with Crippen molar-refractivity contribution >= 4 is 38.7 Å². The summed E-state index contributed by atoms with van der Waals surface area (Å²) >= 11 is 3.47. The summed E-state index contributed by atoms with van der Waals surface area (Å²) in [6.07, 6.45) is 3.62. The van der Waals surface area contributed by atoms with E-state index < -0.39 is 0 Å². The number of ether oxygens (including phenoxy) is 2. The van der Waals surface area contributed by atoms with E-state index in [0.29, 0.717) is 22.8 Å². The van der Waals surface area contributed by atoms with Gasteiger partial charge in [0.25, 0.3) is 0 Å². The zero-order valence-corrected chi connectivity index (χ0v) is 13.8. The fourth-order valence-electron chi connectivity index (χ4n) is 2.72. The van der Waals surface area contributed by atoms with Crippen LogP contribution in [0.3, 0.4) is 0 Å². The third-order valence-corrected chi connectivity index (χ3v) is 4.33. The smallest absolute Gasteiger partial charge is 0.232 e. The molecule has 0 atom stereocenters. The van der Waals surface area contributed by atoms with Crippen LogP contribution in [-0.2, 0) is 0 Å². The van der Waals surface area contributed by atoms with Crippen LogP contribution in [-0.4, -0.2) is 17.9 Å². The highest BCUT2D eigenvalue weighted by atomic mass is 79.9. The highest BCUT2D eigenvalue weighted by molar-refractivity contribution is 9.10. The van der Waals surface area contributed by atoms with Crippen LogP contribution < -0.4 is 9.47 Å². The number of methoxy groups -OCH3 is 1. The van der Waals surface area contributed by atoms with E-state index in [2.05, 4.69) is 20.9 Å². The molecular weight excluding hydrogens is 358 g/mol. The maximum atomic E-state index is 12.5. The van der Waals surface area contributed by atoms with E-state index in [9.17, 15) is 4.79 Å². The van der Waals surface area contributed by atoms with E-state index in [4.69, 9.17) is 9.47 Å². The van der Waals surface area contributed by atoms with E-state index in [-0.39, 0.29) is 5.78 Å². The van der Waals surface area contributed by atoms with E-state index in [1.807, 2.05) is 24.4 Å². The largest absolute Gasteiger partial charge is 0.493 e. The summed E-state index contributed by atoms with van der Waals surface area (Å²) in [5.41, 5.74) is 2.42. The first-order valence-corrected chi connectivity index (χ1v) is 7.84. The zero-order valence-electron chi connectivity index (χ0n) is 12.2. The topological polar surface area (TPSA) is 51.3 Å². The lowest BCUT2D eigenvalue weighted by atomic mass is 10.1. The minimum absolute atomic E-state index is 0.136. The molecule has 1 aliphatic heterocycles. The molecule has 5 heteroatoms. The summed E-state index contributed by atoms with van der Waals surface area (Å²) in [6.45, 7) is 0. The van der Waals surface area contributed by atoms with Gasteiger partial charge in [0.15, 0.2) is 17.3 Å². The molecule has 2 heterocycles. The van der Waals surface area contributed by atoms with Gasteiger partial charge >= 0.3 is 0 Å². The highest BCUT2D eigenvalue weighted by Gasteiger charge is 2.30. The van der Waals surface area contributed by atoms with Crippen molar-refractivity contribution in [3.8, 4) is 11.5 Å². The van der Waals surface area contributed by atoms with Crippen molar-refractivity contribution in [2.75, 3.05) is 7.11 Å². The maximum absolute atomic E-state index is 12.5. The molecule has 1 aromatic heterocycles. The zero-order chi connectivity index (χ0) is 16.0. The van der Waals surface area contributed by atoms with Crippen LogP contribution in [0.25, 0.3) is 17.0 Å². The maximum Gasteiger partial charge on any atom is 0.232 e. The monoisotopic (exact) mass is 369 g/mol. The standard InChI is InChI=1S/C18H12BrNO3/c1-22-15-4-2-3-12-17(21)16(23-18(12)15)7-10-9-20-14-6-5-11(19)8-13(10)14/h2-9,20H,1H3. The number of carbonyl (C=O) groups excluding carboxylic acids is 1. The number of carbonyl (C=O) groups is 1. The fourth-order valence-corrected chi connectivity index (χ4v) is 3.08. The number of rotatable bonds is 2. The van der Waals surface area contributed by atoms with Gasteiger partial charge in [-0.05, 0) is 36.4 Å². The Balaban J connectivity index is 1.81. The molecule has 0 saturated heterocycles. The third-order valence-electron chi connectivity index (χ3n) is 3.84. The second kappa shape index (κ2) is 5.28. The molecular formula is C18H12BrNO3. The number of nitrogens with one attached hydrogen (secondary N) is 1. The van der Waals surface area contributed by atoms with Gasteiger partial charge < -0.3 is 14.5 Å². The van der Waals surface area contributed by atoms with Gasteiger partial charge in [-0.2, -0.15) is 0 Å². The Bertz CT molecular complexity index is 972. The number of hydrogen-bond acceptors (Lipinski definition) is 3. The van der Waals surface area contributed by atoms with Crippen molar-refractivity contribution in [3.05, 3.63) is 64.0 Å². The number of fused-ring (bicyclic) bond motifs is 2. The lowest BCUT2D eigenvalue weighted by Crippen LogP contribution is -1.97. The van der Waals surface area contributed by atoms with E-state index in [1.165, 1.54) is 0 Å². The van der Waals surface area contributed by atoms with Gasteiger partial charge in [-0.3, -0.25) is 4.79 Å². The molecule has 0 unspecified atom stereocenters. The van der Waals surface area contributed by atoms with Crippen LogP contribution in [0.15, 0.2) is 52.8 Å². The van der Waals surface area contributed by atoms with Gasteiger partial charge in [0.05, 0.1) is 12.7 Å². The average Bonchev–Trinajstić information content (AvgIpc) is 3.10. The van der Waals surface area contributed by atoms with Crippen molar-refractivity contribution in [1.82, 2.24) is 4.98 Å². The molecule has 0 radical (unpaired) electrons. The molecule has 0 spiro atoms. The normalized spacial score (nSPS) is 15.0. The number of benzene rings is 2. The lowest BCUT2D eigenvalue weighted by molar-refractivity contribution is 0.101. The molecule has 0 saturated carbocycles. The third kappa shape index (κ3) is 2.24. The molecule has 4 nitrogen and oxygen atoms in total. The van der Waals surface area contributed by atoms with E-state index in [1.54, 1.807) is 31.4 Å². The summed E-state index contributed by atoms with van der Waals surface area (Å²) in [5, 5.41) is 1.02. The minimum Gasteiger partial charge on any atom is -0.493 e. The first kappa shape index (κ1) is 14.1. The fraction of sp³-hybridized carbons (Fsp3) is 0.0556.